The molecule has 72 valence electrons. The molecule has 0 saturated carbocycles. The van der Waals surface area contributed by atoms with Crippen molar-refractivity contribution in [3.05, 3.63) is 0 Å². The summed E-state index contributed by atoms with van der Waals surface area (Å²) in [6.45, 7) is 4.64. The van der Waals surface area contributed by atoms with Gasteiger partial charge < -0.3 is 11.5 Å². The predicted molar refractivity (Wildman–Crippen MR) is 50.4 cm³/mol. The lowest BCUT2D eigenvalue weighted by atomic mass is 9.90. The smallest absolute Gasteiger partial charge is 0.221 e. The van der Waals surface area contributed by atoms with Crippen molar-refractivity contribution in [3.8, 4) is 0 Å². The van der Waals surface area contributed by atoms with Gasteiger partial charge in [0.1, 0.15) is 0 Å². The van der Waals surface area contributed by atoms with Crippen molar-refractivity contribution < 1.29 is 4.79 Å². The lowest BCUT2D eigenvalue weighted by molar-refractivity contribution is -0.122. The van der Waals surface area contributed by atoms with Crippen LogP contribution in [0, 0.1) is 11.8 Å². The molecule has 0 aromatic heterocycles. The Balaban J connectivity index is 3.91. The van der Waals surface area contributed by atoms with Crippen LogP contribution in [0.25, 0.3) is 0 Å². The van der Waals surface area contributed by atoms with Gasteiger partial charge in [0, 0.05) is 6.54 Å². The zero-order chi connectivity index (χ0) is 9.56. The van der Waals surface area contributed by atoms with Gasteiger partial charge in [0.05, 0.1) is 5.92 Å². The van der Waals surface area contributed by atoms with Crippen molar-refractivity contribution in [1.29, 1.82) is 0 Å². The van der Waals surface area contributed by atoms with E-state index in [0.717, 1.165) is 19.3 Å². The highest BCUT2D eigenvalue weighted by atomic mass is 16.1. The molecule has 0 aromatic rings. The van der Waals surface area contributed by atoms with Crippen molar-refractivity contribution in [3.63, 3.8) is 0 Å². The predicted octanol–water partition coefficient (Wildman–Crippen LogP) is 0.873. The van der Waals surface area contributed by atoms with Crippen LogP contribution in [0.3, 0.4) is 0 Å². The average Bonchev–Trinajstić information content (AvgIpc) is 2.06. The Morgan fingerprint density at radius 1 is 1.33 bits per heavy atom. The molecule has 3 heteroatoms. The largest absolute Gasteiger partial charge is 0.369 e. The maximum Gasteiger partial charge on any atom is 0.221 e. The summed E-state index contributed by atoms with van der Waals surface area (Å²) in [5, 5.41) is 0. The van der Waals surface area contributed by atoms with Crippen LogP contribution in [-0.2, 0) is 4.79 Å². The molecule has 0 spiro atoms. The highest BCUT2D eigenvalue weighted by Gasteiger charge is 2.17. The molecular formula is C9H20N2O. The van der Waals surface area contributed by atoms with E-state index in [1.54, 1.807) is 0 Å². The first kappa shape index (κ1) is 11.4. The van der Waals surface area contributed by atoms with Gasteiger partial charge in [0.15, 0.2) is 0 Å². The van der Waals surface area contributed by atoms with Gasteiger partial charge in [0.25, 0.3) is 0 Å². The van der Waals surface area contributed by atoms with E-state index in [2.05, 4.69) is 13.8 Å². The van der Waals surface area contributed by atoms with Crippen LogP contribution in [0.15, 0.2) is 0 Å². The molecule has 3 nitrogen and oxygen atoms in total. The second kappa shape index (κ2) is 6.00. The minimum absolute atomic E-state index is 0.130. The summed E-state index contributed by atoms with van der Waals surface area (Å²) in [6.07, 6.45) is 3.04. The van der Waals surface area contributed by atoms with Gasteiger partial charge in [0.2, 0.25) is 5.91 Å². The van der Waals surface area contributed by atoms with Gasteiger partial charge in [-0.25, -0.2) is 0 Å². The number of carbonyl (C=O) groups is 1. The summed E-state index contributed by atoms with van der Waals surface area (Å²) in [6, 6.07) is 0. The Morgan fingerprint density at radius 2 is 1.83 bits per heavy atom. The second-order valence-corrected chi connectivity index (χ2v) is 3.25. The highest BCUT2D eigenvalue weighted by Crippen LogP contribution is 2.17. The maximum absolute atomic E-state index is 10.8. The molecule has 12 heavy (non-hydrogen) atoms. The third kappa shape index (κ3) is 3.72. The molecule has 4 N–H and O–H groups in total. The molecule has 0 rings (SSSR count). The van der Waals surface area contributed by atoms with E-state index in [1.165, 1.54) is 0 Å². The summed E-state index contributed by atoms with van der Waals surface area (Å²) in [5.41, 5.74) is 10.6. The van der Waals surface area contributed by atoms with Crippen LogP contribution in [0.1, 0.15) is 33.1 Å². The first-order valence-corrected chi connectivity index (χ1v) is 4.65. The van der Waals surface area contributed by atoms with E-state index in [1.807, 2.05) is 0 Å². The molecule has 0 bridgehead atoms. The van der Waals surface area contributed by atoms with Crippen LogP contribution >= 0.6 is 0 Å². The first-order valence-electron chi connectivity index (χ1n) is 4.65. The van der Waals surface area contributed by atoms with E-state index < -0.39 is 0 Å². The molecule has 0 aliphatic rings. The highest BCUT2D eigenvalue weighted by molar-refractivity contribution is 5.76. The van der Waals surface area contributed by atoms with Gasteiger partial charge in [-0.05, 0) is 12.3 Å². The Hall–Kier alpha value is -0.570. The van der Waals surface area contributed by atoms with Crippen molar-refractivity contribution in [1.82, 2.24) is 0 Å². The third-order valence-electron chi connectivity index (χ3n) is 2.46. The van der Waals surface area contributed by atoms with E-state index >= 15 is 0 Å². The summed E-state index contributed by atoms with van der Waals surface area (Å²) in [5.74, 6) is 0.199. The molecule has 0 aromatic carbocycles. The number of amides is 1. The van der Waals surface area contributed by atoms with E-state index in [4.69, 9.17) is 11.5 Å². The molecular weight excluding hydrogens is 152 g/mol. The topological polar surface area (TPSA) is 69.1 Å². The number of nitrogens with two attached hydrogens (primary N) is 2. The van der Waals surface area contributed by atoms with Gasteiger partial charge in [-0.3, -0.25) is 4.79 Å². The minimum Gasteiger partial charge on any atom is -0.369 e. The number of rotatable bonds is 6. The molecule has 0 aliphatic carbocycles. The maximum atomic E-state index is 10.8. The third-order valence-corrected chi connectivity index (χ3v) is 2.46. The minimum atomic E-state index is -0.260. The number of carbonyl (C=O) groups excluding carboxylic acids is 1. The van der Waals surface area contributed by atoms with Gasteiger partial charge in [-0.15, -0.1) is 0 Å². The van der Waals surface area contributed by atoms with Crippen LogP contribution in [0.2, 0.25) is 0 Å². The van der Waals surface area contributed by atoms with Crippen LogP contribution in [-0.4, -0.2) is 12.5 Å². The van der Waals surface area contributed by atoms with E-state index in [0.29, 0.717) is 12.5 Å². The molecule has 0 saturated heterocycles. The molecule has 0 heterocycles. The van der Waals surface area contributed by atoms with Gasteiger partial charge in [-0.1, -0.05) is 26.7 Å². The Bertz CT molecular complexity index is 132. The fourth-order valence-corrected chi connectivity index (χ4v) is 1.35. The SMILES string of the molecule is CCC(CC)CC(CN)C(N)=O. The van der Waals surface area contributed by atoms with Crippen molar-refractivity contribution >= 4 is 5.91 Å². The summed E-state index contributed by atoms with van der Waals surface area (Å²) in [4.78, 5) is 10.8. The van der Waals surface area contributed by atoms with Crippen LogP contribution in [0.4, 0.5) is 0 Å². The monoisotopic (exact) mass is 172 g/mol. The van der Waals surface area contributed by atoms with Crippen LogP contribution in [0.5, 0.6) is 0 Å². The van der Waals surface area contributed by atoms with Gasteiger partial charge in [-0.2, -0.15) is 0 Å². The zero-order valence-corrected chi connectivity index (χ0v) is 8.05. The normalized spacial score (nSPS) is 13.3. The standard InChI is InChI=1S/C9H20N2O/c1-3-7(4-2)5-8(6-10)9(11)12/h7-8H,3-6,10H2,1-2H3,(H2,11,12). The average molecular weight is 172 g/mol. The number of primary amides is 1. The van der Waals surface area contributed by atoms with E-state index in [9.17, 15) is 4.79 Å². The fourth-order valence-electron chi connectivity index (χ4n) is 1.35. The molecule has 1 unspecified atom stereocenters. The van der Waals surface area contributed by atoms with Crippen molar-refractivity contribution in [2.45, 2.75) is 33.1 Å². The molecule has 0 radical (unpaired) electrons. The lowest BCUT2D eigenvalue weighted by Crippen LogP contribution is -2.31. The molecule has 1 atom stereocenters. The molecule has 0 aliphatic heterocycles. The Labute approximate surface area is 74.5 Å². The number of hydrogen-bond donors (Lipinski definition) is 2. The zero-order valence-electron chi connectivity index (χ0n) is 8.05. The molecule has 1 amide bonds. The van der Waals surface area contributed by atoms with Crippen LogP contribution < -0.4 is 11.5 Å². The van der Waals surface area contributed by atoms with Gasteiger partial charge >= 0.3 is 0 Å². The van der Waals surface area contributed by atoms with Crippen molar-refractivity contribution in [2.75, 3.05) is 6.54 Å². The number of hydrogen-bond acceptors (Lipinski definition) is 2. The van der Waals surface area contributed by atoms with Crippen molar-refractivity contribution in [2.24, 2.45) is 23.3 Å². The quantitative estimate of drug-likeness (QED) is 0.624. The van der Waals surface area contributed by atoms with E-state index in [-0.39, 0.29) is 11.8 Å². The Kier molecular flexibility index (Phi) is 5.72. The Morgan fingerprint density at radius 3 is 2.08 bits per heavy atom. The first-order chi connectivity index (χ1) is 5.65. The summed E-state index contributed by atoms with van der Waals surface area (Å²) >= 11 is 0. The second-order valence-electron chi connectivity index (χ2n) is 3.25. The summed E-state index contributed by atoms with van der Waals surface area (Å²) in [7, 11) is 0. The lowest BCUT2D eigenvalue weighted by Gasteiger charge is -2.17. The summed E-state index contributed by atoms with van der Waals surface area (Å²) < 4.78 is 0. The molecule has 0 fully saturated rings. The fraction of sp³-hybridized carbons (Fsp3) is 0.889.